The second-order valence-electron chi connectivity index (χ2n) is 4.79. The number of hydrogen-bond acceptors (Lipinski definition) is 2. The van der Waals surface area contributed by atoms with E-state index < -0.39 is 0 Å². The molecule has 108 valence electrons. The van der Waals surface area contributed by atoms with Crippen molar-refractivity contribution < 1.29 is 9.59 Å². The number of carbonyl (C=O) groups excluding carboxylic acids is 2. The quantitative estimate of drug-likeness (QED) is 0.929. The van der Waals surface area contributed by atoms with Gasteiger partial charge in [-0.2, -0.15) is 0 Å². The Balaban J connectivity index is 2.09. The lowest BCUT2D eigenvalue weighted by molar-refractivity contribution is -0.126. The van der Waals surface area contributed by atoms with Crippen molar-refractivity contribution in [1.82, 2.24) is 5.32 Å². The summed E-state index contributed by atoms with van der Waals surface area (Å²) in [6.07, 6.45) is 1.11. The first kappa shape index (κ1) is 15.1. The van der Waals surface area contributed by atoms with Crippen molar-refractivity contribution >= 4 is 40.7 Å². The van der Waals surface area contributed by atoms with Crippen molar-refractivity contribution in [3.05, 3.63) is 28.2 Å². The van der Waals surface area contributed by atoms with E-state index in [4.69, 9.17) is 23.2 Å². The van der Waals surface area contributed by atoms with Crippen LogP contribution in [0, 0.1) is 5.92 Å². The maximum Gasteiger partial charge on any atom is 0.227 e. The molecule has 0 aliphatic carbocycles. The molecule has 4 nitrogen and oxygen atoms in total. The summed E-state index contributed by atoms with van der Waals surface area (Å²) in [7, 11) is 0. The normalized spacial score (nSPS) is 18.4. The first-order chi connectivity index (χ1) is 9.52. The Morgan fingerprint density at radius 2 is 2.15 bits per heavy atom. The van der Waals surface area contributed by atoms with E-state index in [0.29, 0.717) is 28.8 Å². The molecule has 2 amide bonds. The molecule has 1 aliphatic heterocycles. The molecule has 0 unspecified atom stereocenters. The Bertz CT molecular complexity index is 534. The second-order valence-corrected chi connectivity index (χ2v) is 5.61. The number of amides is 2. The number of benzene rings is 1. The maximum atomic E-state index is 12.0. The van der Waals surface area contributed by atoms with Gasteiger partial charge < -0.3 is 10.2 Å². The molecule has 6 heteroatoms. The fraction of sp³-hybridized carbons (Fsp3) is 0.429. The Kier molecular flexibility index (Phi) is 4.89. The van der Waals surface area contributed by atoms with Crippen LogP contribution in [-0.2, 0) is 9.59 Å². The number of carbonyl (C=O) groups is 2. The lowest BCUT2D eigenvalue weighted by Gasteiger charge is -2.17. The standard InChI is InChI=1S/C14H16Cl2N2O2/c1-2-5-17-14(20)9-6-13(19)18(8-9)10-3-4-11(15)12(16)7-10/h3-4,7,9H,2,5-6,8H2,1H3,(H,17,20)/t9-/m0/s1. The van der Waals surface area contributed by atoms with Crippen LogP contribution in [0.2, 0.25) is 10.0 Å². The lowest BCUT2D eigenvalue weighted by atomic mass is 10.1. The van der Waals surface area contributed by atoms with Crippen LogP contribution in [0.4, 0.5) is 5.69 Å². The highest BCUT2D eigenvalue weighted by Crippen LogP contribution is 2.30. The van der Waals surface area contributed by atoms with Gasteiger partial charge in [0.1, 0.15) is 0 Å². The zero-order valence-electron chi connectivity index (χ0n) is 11.2. The molecule has 1 aromatic rings. The Labute approximate surface area is 128 Å². The number of halogens is 2. The predicted octanol–water partition coefficient (Wildman–Crippen LogP) is 2.87. The summed E-state index contributed by atoms with van der Waals surface area (Å²) < 4.78 is 0. The van der Waals surface area contributed by atoms with Gasteiger partial charge in [0.05, 0.1) is 16.0 Å². The van der Waals surface area contributed by atoms with Crippen molar-refractivity contribution in [3.63, 3.8) is 0 Å². The minimum Gasteiger partial charge on any atom is -0.356 e. The number of rotatable bonds is 4. The number of nitrogens with zero attached hydrogens (tertiary/aromatic N) is 1. The smallest absolute Gasteiger partial charge is 0.227 e. The molecule has 1 N–H and O–H groups in total. The monoisotopic (exact) mass is 314 g/mol. The molecular formula is C14H16Cl2N2O2. The first-order valence-corrected chi connectivity index (χ1v) is 7.31. The van der Waals surface area contributed by atoms with Gasteiger partial charge >= 0.3 is 0 Å². The van der Waals surface area contributed by atoms with Crippen LogP contribution < -0.4 is 10.2 Å². The minimum atomic E-state index is -0.302. The Hall–Kier alpha value is -1.26. The average molecular weight is 315 g/mol. The van der Waals surface area contributed by atoms with E-state index in [1.165, 1.54) is 0 Å². The van der Waals surface area contributed by atoms with E-state index in [1.54, 1.807) is 23.1 Å². The van der Waals surface area contributed by atoms with Gasteiger partial charge in [-0.15, -0.1) is 0 Å². The Morgan fingerprint density at radius 3 is 2.80 bits per heavy atom. The van der Waals surface area contributed by atoms with Crippen LogP contribution >= 0.6 is 23.2 Å². The fourth-order valence-electron chi connectivity index (χ4n) is 2.18. The summed E-state index contributed by atoms with van der Waals surface area (Å²) in [4.78, 5) is 25.5. The SMILES string of the molecule is CCCNC(=O)[C@H]1CC(=O)N(c2ccc(Cl)c(Cl)c2)C1. The summed E-state index contributed by atoms with van der Waals surface area (Å²) in [5.41, 5.74) is 0.676. The van der Waals surface area contributed by atoms with Gasteiger partial charge in [0, 0.05) is 25.2 Å². The summed E-state index contributed by atoms with van der Waals surface area (Å²) in [5, 5.41) is 3.67. The van der Waals surface area contributed by atoms with Crippen LogP contribution in [0.3, 0.4) is 0 Å². The largest absolute Gasteiger partial charge is 0.356 e. The summed E-state index contributed by atoms with van der Waals surface area (Å²) in [6.45, 7) is 3.00. The van der Waals surface area contributed by atoms with E-state index in [9.17, 15) is 9.59 Å². The zero-order chi connectivity index (χ0) is 14.7. The lowest BCUT2D eigenvalue weighted by Crippen LogP contribution is -2.33. The predicted molar refractivity (Wildman–Crippen MR) is 80.2 cm³/mol. The molecule has 2 rings (SSSR count). The highest BCUT2D eigenvalue weighted by molar-refractivity contribution is 6.42. The first-order valence-electron chi connectivity index (χ1n) is 6.56. The third-order valence-electron chi connectivity index (χ3n) is 3.26. The molecule has 1 fully saturated rings. The van der Waals surface area contributed by atoms with Crippen LogP contribution in [0.25, 0.3) is 0 Å². The van der Waals surface area contributed by atoms with E-state index >= 15 is 0 Å². The van der Waals surface area contributed by atoms with Gasteiger partial charge in [-0.3, -0.25) is 9.59 Å². The van der Waals surface area contributed by atoms with Gasteiger partial charge in [0.25, 0.3) is 0 Å². The van der Waals surface area contributed by atoms with Gasteiger partial charge in [0.2, 0.25) is 11.8 Å². The van der Waals surface area contributed by atoms with Crippen LogP contribution in [0.1, 0.15) is 19.8 Å². The Morgan fingerprint density at radius 1 is 1.40 bits per heavy atom. The molecule has 0 saturated carbocycles. The highest BCUT2D eigenvalue weighted by atomic mass is 35.5. The van der Waals surface area contributed by atoms with Crippen molar-refractivity contribution in [2.75, 3.05) is 18.0 Å². The molecule has 1 aliphatic rings. The molecular weight excluding hydrogens is 299 g/mol. The molecule has 20 heavy (non-hydrogen) atoms. The van der Waals surface area contributed by atoms with Crippen LogP contribution in [0.5, 0.6) is 0 Å². The molecule has 0 bridgehead atoms. The fourth-order valence-corrected chi connectivity index (χ4v) is 2.47. The third kappa shape index (κ3) is 3.25. The topological polar surface area (TPSA) is 49.4 Å². The van der Waals surface area contributed by atoms with Crippen molar-refractivity contribution in [1.29, 1.82) is 0 Å². The minimum absolute atomic E-state index is 0.0669. The van der Waals surface area contributed by atoms with E-state index in [-0.39, 0.29) is 24.2 Å². The maximum absolute atomic E-state index is 12.0. The molecule has 0 aromatic heterocycles. The molecule has 1 saturated heterocycles. The number of anilines is 1. The summed E-state index contributed by atoms with van der Waals surface area (Å²) in [5.74, 6) is -0.439. The molecule has 1 aromatic carbocycles. The van der Waals surface area contributed by atoms with Gasteiger partial charge in [-0.25, -0.2) is 0 Å². The number of hydrogen-bond donors (Lipinski definition) is 1. The van der Waals surface area contributed by atoms with Crippen LogP contribution in [-0.4, -0.2) is 24.9 Å². The average Bonchev–Trinajstić information content (AvgIpc) is 2.81. The van der Waals surface area contributed by atoms with Crippen molar-refractivity contribution in [3.8, 4) is 0 Å². The van der Waals surface area contributed by atoms with Gasteiger partial charge in [0.15, 0.2) is 0 Å². The molecule has 0 radical (unpaired) electrons. The van der Waals surface area contributed by atoms with E-state index in [2.05, 4.69) is 5.32 Å². The third-order valence-corrected chi connectivity index (χ3v) is 4.00. The highest BCUT2D eigenvalue weighted by Gasteiger charge is 2.35. The van der Waals surface area contributed by atoms with E-state index in [0.717, 1.165) is 6.42 Å². The van der Waals surface area contributed by atoms with Crippen LogP contribution in [0.15, 0.2) is 18.2 Å². The van der Waals surface area contributed by atoms with Gasteiger partial charge in [-0.1, -0.05) is 30.1 Å². The second kappa shape index (κ2) is 6.46. The van der Waals surface area contributed by atoms with Crippen molar-refractivity contribution in [2.45, 2.75) is 19.8 Å². The summed E-state index contributed by atoms with van der Waals surface area (Å²) in [6, 6.07) is 5.03. The molecule has 1 heterocycles. The summed E-state index contributed by atoms with van der Waals surface area (Å²) >= 11 is 11.8. The van der Waals surface area contributed by atoms with Gasteiger partial charge in [-0.05, 0) is 24.6 Å². The zero-order valence-corrected chi connectivity index (χ0v) is 12.7. The van der Waals surface area contributed by atoms with E-state index in [1.807, 2.05) is 6.92 Å². The molecule has 0 spiro atoms. The number of nitrogens with one attached hydrogen (secondary N) is 1. The van der Waals surface area contributed by atoms with Crippen molar-refractivity contribution in [2.24, 2.45) is 5.92 Å². The molecule has 1 atom stereocenters.